The van der Waals surface area contributed by atoms with Crippen molar-refractivity contribution in [3.63, 3.8) is 0 Å². The van der Waals surface area contributed by atoms with Crippen molar-refractivity contribution in [3.8, 4) is 12.3 Å². The van der Waals surface area contributed by atoms with Crippen LogP contribution >= 0.6 is 0 Å². The molecule has 1 aromatic carbocycles. The Morgan fingerprint density at radius 1 is 0.800 bits per heavy atom. The second-order valence-corrected chi connectivity index (χ2v) is 4.31. The molecule has 0 N–H and O–H groups in total. The summed E-state index contributed by atoms with van der Waals surface area (Å²) in [5, 5.41) is 0. The Balaban J connectivity index is 3.33. The van der Waals surface area contributed by atoms with Gasteiger partial charge in [-0.2, -0.15) is 0 Å². The summed E-state index contributed by atoms with van der Waals surface area (Å²) in [6.07, 6.45) is 7.18. The van der Waals surface area contributed by atoms with Crippen LogP contribution in [0.25, 0.3) is 0 Å². The van der Waals surface area contributed by atoms with E-state index >= 15 is 0 Å². The van der Waals surface area contributed by atoms with Crippen molar-refractivity contribution in [3.05, 3.63) is 33.4 Å². The summed E-state index contributed by atoms with van der Waals surface area (Å²) in [6.45, 7) is 11.0. The van der Waals surface area contributed by atoms with Gasteiger partial charge >= 0.3 is 0 Å². The van der Waals surface area contributed by atoms with Crippen LogP contribution in [0.3, 0.4) is 0 Å². The van der Waals surface area contributed by atoms with Gasteiger partial charge in [0.2, 0.25) is 0 Å². The first-order valence-electron chi connectivity index (χ1n) is 5.50. The summed E-state index contributed by atoms with van der Waals surface area (Å²) in [7, 11) is 0. The van der Waals surface area contributed by atoms with Gasteiger partial charge in [-0.3, -0.25) is 0 Å². The zero-order valence-corrected chi connectivity index (χ0v) is 10.5. The van der Waals surface area contributed by atoms with Gasteiger partial charge in [0.15, 0.2) is 0 Å². The largest absolute Gasteiger partial charge is 0.120 e. The molecule has 0 heteroatoms. The van der Waals surface area contributed by atoms with E-state index in [9.17, 15) is 0 Å². The third kappa shape index (κ3) is 2.07. The van der Waals surface area contributed by atoms with Crippen molar-refractivity contribution >= 4 is 0 Å². The molecule has 0 unspecified atom stereocenters. The van der Waals surface area contributed by atoms with Crippen LogP contribution in [0.1, 0.15) is 39.8 Å². The number of terminal acetylenes is 1. The van der Waals surface area contributed by atoms with Gasteiger partial charge in [0.05, 0.1) is 0 Å². The Morgan fingerprint density at radius 2 is 1.20 bits per heavy atom. The molecule has 0 aromatic heterocycles. The lowest BCUT2D eigenvalue weighted by atomic mass is 9.88. The molecule has 0 fully saturated rings. The summed E-state index contributed by atoms with van der Waals surface area (Å²) in [6, 6.07) is 0. The molecule has 0 bridgehead atoms. The number of hydrogen-bond acceptors (Lipinski definition) is 0. The lowest BCUT2D eigenvalue weighted by molar-refractivity contribution is 0.973. The summed E-state index contributed by atoms with van der Waals surface area (Å²) < 4.78 is 0. The van der Waals surface area contributed by atoms with Gasteiger partial charge in [0.1, 0.15) is 0 Å². The molecule has 0 spiro atoms. The highest BCUT2D eigenvalue weighted by atomic mass is 14.2. The van der Waals surface area contributed by atoms with Gasteiger partial charge < -0.3 is 0 Å². The van der Waals surface area contributed by atoms with Crippen LogP contribution in [0.15, 0.2) is 0 Å². The average molecular weight is 200 g/mol. The Labute approximate surface area is 93.7 Å². The van der Waals surface area contributed by atoms with Gasteiger partial charge in [0, 0.05) is 6.42 Å². The quantitative estimate of drug-likeness (QED) is 0.637. The summed E-state index contributed by atoms with van der Waals surface area (Å²) >= 11 is 0. The first-order chi connectivity index (χ1) is 7.00. The number of rotatable bonds is 2. The predicted molar refractivity (Wildman–Crippen MR) is 67.3 cm³/mol. The smallest absolute Gasteiger partial charge is 0.0127 e. The molecule has 0 nitrogen and oxygen atoms in total. The summed E-state index contributed by atoms with van der Waals surface area (Å²) in [5.74, 6) is 2.72. The Kier molecular flexibility index (Phi) is 3.58. The van der Waals surface area contributed by atoms with E-state index in [2.05, 4.69) is 40.5 Å². The molecule has 0 saturated heterocycles. The maximum atomic E-state index is 5.33. The normalized spacial score (nSPS) is 10.1. The monoisotopic (exact) mass is 200 g/mol. The molecule has 0 amide bonds. The third-order valence-corrected chi connectivity index (χ3v) is 3.67. The van der Waals surface area contributed by atoms with Crippen LogP contribution in [0.4, 0.5) is 0 Å². The molecule has 0 atom stereocenters. The van der Waals surface area contributed by atoms with E-state index in [4.69, 9.17) is 6.42 Å². The fourth-order valence-corrected chi connectivity index (χ4v) is 2.15. The van der Waals surface area contributed by atoms with E-state index in [-0.39, 0.29) is 0 Å². The minimum absolute atomic E-state index is 0.837. The van der Waals surface area contributed by atoms with Crippen LogP contribution in [-0.4, -0.2) is 0 Å². The van der Waals surface area contributed by atoms with Gasteiger partial charge in [-0.05, 0) is 74.4 Å². The Morgan fingerprint density at radius 3 is 1.60 bits per heavy atom. The molecule has 1 aromatic rings. The highest BCUT2D eigenvalue weighted by Gasteiger charge is 2.10. The highest BCUT2D eigenvalue weighted by molar-refractivity contribution is 5.49. The minimum atomic E-state index is 0.837. The van der Waals surface area contributed by atoms with Crippen LogP contribution in [0, 0.1) is 47.0 Å². The second-order valence-electron chi connectivity index (χ2n) is 4.31. The van der Waals surface area contributed by atoms with E-state index in [1.165, 1.54) is 33.4 Å². The molecule has 1 rings (SSSR count). The summed E-state index contributed by atoms with van der Waals surface area (Å²) in [5.41, 5.74) is 8.56. The first kappa shape index (κ1) is 11.9. The molecule has 80 valence electrons. The molecule has 0 heterocycles. The van der Waals surface area contributed by atoms with E-state index < -0.39 is 0 Å². The summed E-state index contributed by atoms with van der Waals surface area (Å²) in [4.78, 5) is 0. The van der Waals surface area contributed by atoms with Crippen LogP contribution in [0.2, 0.25) is 0 Å². The van der Waals surface area contributed by atoms with Crippen LogP contribution in [-0.2, 0) is 6.42 Å². The number of hydrogen-bond donors (Lipinski definition) is 0. The van der Waals surface area contributed by atoms with Crippen molar-refractivity contribution in [2.45, 2.75) is 47.5 Å². The van der Waals surface area contributed by atoms with Gasteiger partial charge in [-0.15, -0.1) is 12.3 Å². The molecular formula is C15H20. The highest BCUT2D eigenvalue weighted by Crippen LogP contribution is 2.26. The van der Waals surface area contributed by atoms with E-state index in [0.29, 0.717) is 0 Å². The average Bonchev–Trinajstić information content (AvgIpc) is 2.24. The molecule has 0 aliphatic heterocycles. The molecule has 0 aliphatic rings. The minimum Gasteiger partial charge on any atom is -0.120 e. The molecule has 15 heavy (non-hydrogen) atoms. The van der Waals surface area contributed by atoms with Crippen molar-refractivity contribution in [2.24, 2.45) is 0 Å². The van der Waals surface area contributed by atoms with Crippen LogP contribution < -0.4 is 0 Å². The van der Waals surface area contributed by atoms with Crippen molar-refractivity contribution in [1.82, 2.24) is 0 Å². The van der Waals surface area contributed by atoms with Crippen LogP contribution in [0.5, 0.6) is 0 Å². The second kappa shape index (κ2) is 4.53. The van der Waals surface area contributed by atoms with Crippen molar-refractivity contribution in [1.29, 1.82) is 0 Å². The van der Waals surface area contributed by atoms with E-state index in [1.807, 2.05) is 0 Å². The zero-order valence-electron chi connectivity index (χ0n) is 10.5. The lowest BCUT2D eigenvalue weighted by Gasteiger charge is -2.18. The SMILES string of the molecule is C#CCCc1c(C)c(C)c(C)c(C)c1C. The maximum Gasteiger partial charge on any atom is 0.0127 e. The fraction of sp³-hybridized carbons (Fsp3) is 0.467. The molecular weight excluding hydrogens is 180 g/mol. The zero-order chi connectivity index (χ0) is 11.6. The van der Waals surface area contributed by atoms with Crippen molar-refractivity contribution < 1.29 is 0 Å². The topological polar surface area (TPSA) is 0 Å². The standard InChI is InChI=1S/C15H20/c1-7-8-9-15-13(5)11(3)10(2)12(4)14(15)6/h1H,8-9H2,2-6H3. The lowest BCUT2D eigenvalue weighted by Crippen LogP contribution is -2.02. The van der Waals surface area contributed by atoms with Gasteiger partial charge in [-0.1, -0.05) is 0 Å². The van der Waals surface area contributed by atoms with Gasteiger partial charge in [0.25, 0.3) is 0 Å². The van der Waals surface area contributed by atoms with E-state index in [1.54, 1.807) is 0 Å². The Hall–Kier alpha value is -1.22. The van der Waals surface area contributed by atoms with E-state index in [0.717, 1.165) is 12.8 Å². The Bertz CT molecular complexity index is 388. The van der Waals surface area contributed by atoms with Crippen molar-refractivity contribution in [2.75, 3.05) is 0 Å². The third-order valence-electron chi connectivity index (χ3n) is 3.67. The predicted octanol–water partition coefficient (Wildman–Crippen LogP) is 3.79. The fourth-order valence-electron chi connectivity index (χ4n) is 2.15. The van der Waals surface area contributed by atoms with Gasteiger partial charge in [-0.25, -0.2) is 0 Å². The number of benzene rings is 1. The molecule has 0 aliphatic carbocycles. The first-order valence-corrected chi connectivity index (χ1v) is 5.50. The molecule has 0 saturated carbocycles. The molecule has 0 radical (unpaired) electrons. The maximum absolute atomic E-state index is 5.33.